The standard InChI is InChI=1S/C35H41N5O/c1-24-6-9-31-22-30(14-19-34(31)38-24)26(3)40(33-17-18-33)23-27-7-10-28(11-8-27)25(2)39-32-15-12-29(13-16-32)35(41)37-21-5-4-20-36/h7-8,10-16,19,22,33,38-39H,1-6,9,17-18,20-21,23,36H2,(H,37,41). The number of anilines is 2. The Hall–Kier alpha value is -4.29. The molecular weight excluding hydrogens is 506 g/mol. The van der Waals surface area contributed by atoms with E-state index in [2.05, 4.69) is 83.1 Å². The van der Waals surface area contributed by atoms with Gasteiger partial charge in [0.25, 0.3) is 5.91 Å². The van der Waals surface area contributed by atoms with E-state index >= 15 is 0 Å². The van der Waals surface area contributed by atoms with E-state index in [4.69, 9.17) is 5.73 Å². The number of nitrogens with zero attached hydrogens (tertiary/aromatic N) is 1. The maximum Gasteiger partial charge on any atom is 0.251 e. The summed E-state index contributed by atoms with van der Waals surface area (Å²) in [5, 5.41) is 9.70. The SMILES string of the molecule is C=C1CCc2cc(C(=C)N(Cc3ccc(C(=C)Nc4ccc(C(=O)NCCCCN)cc4)cc3)C3CC3)ccc2N1. The zero-order valence-electron chi connectivity index (χ0n) is 23.8. The van der Waals surface area contributed by atoms with Crippen LogP contribution in [0.25, 0.3) is 11.4 Å². The van der Waals surface area contributed by atoms with Gasteiger partial charge in [0.15, 0.2) is 0 Å². The minimum atomic E-state index is -0.0687. The van der Waals surface area contributed by atoms with Gasteiger partial charge in [0, 0.05) is 53.2 Å². The zero-order valence-corrected chi connectivity index (χ0v) is 23.8. The second-order valence-electron chi connectivity index (χ2n) is 11.0. The van der Waals surface area contributed by atoms with Crippen molar-refractivity contribution in [1.82, 2.24) is 10.2 Å². The molecule has 1 aliphatic carbocycles. The van der Waals surface area contributed by atoms with E-state index in [-0.39, 0.29) is 5.91 Å². The zero-order chi connectivity index (χ0) is 28.8. The van der Waals surface area contributed by atoms with Gasteiger partial charge in [0.05, 0.1) is 0 Å². The van der Waals surface area contributed by atoms with Gasteiger partial charge in [0.2, 0.25) is 0 Å². The number of allylic oxidation sites excluding steroid dienone is 1. The molecule has 212 valence electrons. The summed E-state index contributed by atoms with van der Waals surface area (Å²) in [6, 6.07) is 23.2. The topological polar surface area (TPSA) is 82.4 Å². The van der Waals surface area contributed by atoms with Crippen molar-refractivity contribution in [3.05, 3.63) is 120 Å². The van der Waals surface area contributed by atoms with Crippen molar-refractivity contribution in [2.24, 2.45) is 5.73 Å². The summed E-state index contributed by atoms with van der Waals surface area (Å²) in [6.45, 7) is 14.9. The summed E-state index contributed by atoms with van der Waals surface area (Å²) in [7, 11) is 0. The van der Waals surface area contributed by atoms with E-state index < -0.39 is 0 Å². The molecule has 0 radical (unpaired) electrons. The van der Waals surface area contributed by atoms with Gasteiger partial charge >= 0.3 is 0 Å². The largest absolute Gasteiger partial charge is 0.364 e. The Kier molecular flexibility index (Phi) is 8.90. The van der Waals surface area contributed by atoms with Gasteiger partial charge < -0.3 is 26.6 Å². The van der Waals surface area contributed by atoms with E-state index in [0.29, 0.717) is 24.7 Å². The number of carbonyl (C=O) groups excluding carboxylic acids is 1. The molecule has 0 bridgehead atoms. The van der Waals surface area contributed by atoms with Crippen molar-refractivity contribution in [3.8, 4) is 0 Å². The van der Waals surface area contributed by atoms with Crippen LogP contribution in [0.15, 0.2) is 92.2 Å². The van der Waals surface area contributed by atoms with Gasteiger partial charge in [-0.15, -0.1) is 0 Å². The summed E-state index contributed by atoms with van der Waals surface area (Å²) < 4.78 is 0. The summed E-state index contributed by atoms with van der Waals surface area (Å²) in [4.78, 5) is 14.8. The lowest BCUT2D eigenvalue weighted by molar-refractivity contribution is 0.0953. The number of unbranched alkanes of at least 4 members (excludes halogenated alkanes) is 1. The second kappa shape index (κ2) is 12.9. The molecule has 1 aliphatic heterocycles. The highest BCUT2D eigenvalue weighted by atomic mass is 16.1. The van der Waals surface area contributed by atoms with E-state index in [1.807, 2.05) is 24.3 Å². The molecule has 6 heteroatoms. The van der Waals surface area contributed by atoms with Gasteiger partial charge in [-0.2, -0.15) is 0 Å². The third kappa shape index (κ3) is 7.27. The van der Waals surface area contributed by atoms with E-state index in [1.54, 1.807) is 0 Å². The van der Waals surface area contributed by atoms with Gasteiger partial charge in [-0.25, -0.2) is 0 Å². The molecule has 0 atom stereocenters. The number of carbonyl (C=O) groups is 1. The summed E-state index contributed by atoms with van der Waals surface area (Å²) in [6.07, 6.45) is 6.19. The number of fused-ring (bicyclic) bond motifs is 1. The predicted octanol–water partition coefficient (Wildman–Crippen LogP) is 6.75. The second-order valence-corrected chi connectivity index (χ2v) is 11.0. The van der Waals surface area contributed by atoms with Crippen molar-refractivity contribution in [2.45, 2.75) is 51.1 Å². The molecule has 1 fully saturated rings. The average molecular weight is 548 g/mol. The monoisotopic (exact) mass is 547 g/mol. The quantitative estimate of drug-likeness (QED) is 0.178. The van der Waals surface area contributed by atoms with Crippen LogP contribution < -0.4 is 21.7 Å². The van der Waals surface area contributed by atoms with Crippen molar-refractivity contribution in [3.63, 3.8) is 0 Å². The summed E-state index contributed by atoms with van der Waals surface area (Å²) in [5.74, 6) is -0.0687. The Bertz CT molecular complexity index is 1420. The minimum absolute atomic E-state index is 0.0687. The van der Waals surface area contributed by atoms with Crippen molar-refractivity contribution >= 4 is 28.7 Å². The fourth-order valence-electron chi connectivity index (χ4n) is 5.17. The van der Waals surface area contributed by atoms with Crippen LogP contribution in [0.5, 0.6) is 0 Å². The maximum absolute atomic E-state index is 12.3. The molecule has 1 amide bonds. The molecule has 0 aromatic heterocycles. The van der Waals surface area contributed by atoms with Crippen molar-refractivity contribution in [2.75, 3.05) is 23.7 Å². The normalized spacial score (nSPS) is 14.0. The Morgan fingerprint density at radius 1 is 0.927 bits per heavy atom. The first kappa shape index (κ1) is 28.2. The fourth-order valence-corrected chi connectivity index (χ4v) is 5.17. The van der Waals surface area contributed by atoms with Gasteiger partial charge in [0.1, 0.15) is 0 Å². The van der Waals surface area contributed by atoms with Crippen LogP contribution in [-0.4, -0.2) is 29.9 Å². The highest BCUT2D eigenvalue weighted by molar-refractivity contribution is 5.94. The molecule has 1 saturated carbocycles. The van der Waals surface area contributed by atoms with Gasteiger partial charge in [-0.05, 0) is 104 Å². The van der Waals surface area contributed by atoms with Gasteiger partial charge in [-0.3, -0.25) is 4.79 Å². The van der Waals surface area contributed by atoms with E-state index in [0.717, 1.165) is 66.3 Å². The molecular formula is C35H41N5O. The van der Waals surface area contributed by atoms with Crippen molar-refractivity contribution < 1.29 is 4.79 Å². The number of amides is 1. The maximum atomic E-state index is 12.3. The van der Waals surface area contributed by atoms with Crippen LogP contribution in [0.4, 0.5) is 11.4 Å². The number of rotatable bonds is 13. The third-order valence-electron chi connectivity index (χ3n) is 7.79. The van der Waals surface area contributed by atoms with Crippen molar-refractivity contribution in [1.29, 1.82) is 0 Å². The highest BCUT2D eigenvalue weighted by Crippen LogP contribution is 2.36. The Balaban J connectivity index is 1.18. The van der Waals surface area contributed by atoms with Crippen LogP contribution in [0.1, 0.15) is 64.7 Å². The highest BCUT2D eigenvalue weighted by Gasteiger charge is 2.30. The van der Waals surface area contributed by atoms with E-state index in [9.17, 15) is 4.79 Å². The van der Waals surface area contributed by atoms with Crippen LogP contribution in [-0.2, 0) is 13.0 Å². The first-order valence-corrected chi connectivity index (χ1v) is 14.6. The molecule has 3 aromatic carbocycles. The Labute approximate surface area is 244 Å². The van der Waals surface area contributed by atoms with Crippen LogP contribution in [0.2, 0.25) is 0 Å². The molecule has 0 unspecified atom stereocenters. The van der Waals surface area contributed by atoms with Crippen LogP contribution >= 0.6 is 0 Å². The number of nitrogens with two attached hydrogens (primary N) is 1. The molecule has 2 aliphatic rings. The molecule has 6 nitrogen and oxygen atoms in total. The molecule has 41 heavy (non-hydrogen) atoms. The first-order valence-electron chi connectivity index (χ1n) is 14.6. The molecule has 5 N–H and O–H groups in total. The average Bonchev–Trinajstić information content (AvgIpc) is 3.83. The molecule has 5 rings (SSSR count). The van der Waals surface area contributed by atoms with Crippen LogP contribution in [0.3, 0.4) is 0 Å². The van der Waals surface area contributed by atoms with E-state index in [1.165, 1.54) is 29.5 Å². The lowest BCUT2D eigenvalue weighted by Crippen LogP contribution is -2.24. The number of hydrogen-bond acceptors (Lipinski definition) is 5. The first-order chi connectivity index (χ1) is 19.9. The summed E-state index contributed by atoms with van der Waals surface area (Å²) in [5.41, 5.74) is 16.0. The summed E-state index contributed by atoms with van der Waals surface area (Å²) >= 11 is 0. The lowest BCUT2D eigenvalue weighted by atomic mass is 9.98. The molecule has 0 saturated heterocycles. The minimum Gasteiger partial charge on any atom is -0.364 e. The number of aryl methyl sites for hydroxylation is 1. The third-order valence-corrected chi connectivity index (χ3v) is 7.79. The van der Waals surface area contributed by atoms with Gasteiger partial charge in [-0.1, -0.05) is 50.1 Å². The number of nitrogens with one attached hydrogen (secondary N) is 3. The Morgan fingerprint density at radius 3 is 2.34 bits per heavy atom. The Morgan fingerprint density at radius 2 is 1.63 bits per heavy atom. The number of benzene rings is 3. The number of hydrogen-bond donors (Lipinski definition) is 4. The predicted molar refractivity (Wildman–Crippen MR) is 171 cm³/mol. The smallest absolute Gasteiger partial charge is 0.251 e. The molecule has 0 spiro atoms. The van der Waals surface area contributed by atoms with Crippen LogP contribution in [0, 0.1) is 0 Å². The lowest BCUT2D eigenvalue weighted by Gasteiger charge is -2.28. The molecule has 1 heterocycles. The fraction of sp³-hybridized carbons (Fsp3) is 0.286. The molecule has 3 aromatic rings.